The van der Waals surface area contributed by atoms with Crippen LogP contribution in [0.1, 0.15) is 76.2 Å². The highest BCUT2D eigenvalue weighted by atomic mass is 16.5. The monoisotopic (exact) mass is 684 g/mol. The summed E-state index contributed by atoms with van der Waals surface area (Å²) in [4.78, 5) is 56.5. The molecule has 0 unspecified atom stereocenters. The van der Waals surface area contributed by atoms with Crippen molar-refractivity contribution in [3.05, 3.63) is 129 Å². The lowest BCUT2D eigenvalue weighted by Crippen LogP contribution is -2.55. The Morgan fingerprint density at radius 2 is 1.18 bits per heavy atom. The summed E-state index contributed by atoms with van der Waals surface area (Å²) < 4.78 is 10.8. The number of fused-ring (bicyclic) bond motifs is 5. The van der Waals surface area contributed by atoms with E-state index in [0.29, 0.717) is 56.2 Å². The van der Waals surface area contributed by atoms with Crippen LogP contribution in [0.4, 0.5) is 0 Å². The number of morpholine rings is 2. The number of nitrogens with zero attached hydrogens (tertiary/aromatic N) is 2. The van der Waals surface area contributed by atoms with E-state index in [9.17, 15) is 19.2 Å². The summed E-state index contributed by atoms with van der Waals surface area (Å²) >= 11 is 0. The molecule has 2 aliphatic heterocycles. The highest BCUT2D eigenvalue weighted by molar-refractivity contribution is 6.36. The molecule has 3 aliphatic carbocycles. The quantitative estimate of drug-likeness (QED) is 0.187. The second kappa shape index (κ2) is 13.8. The maximum atomic E-state index is 13.2. The second-order valence-corrected chi connectivity index (χ2v) is 14.6. The van der Waals surface area contributed by atoms with Gasteiger partial charge in [-0.1, -0.05) is 66.7 Å². The third-order valence-corrected chi connectivity index (χ3v) is 11.0. The fraction of sp³-hybridized carbons (Fsp3) is 0.349. The number of hydrogen-bond acceptors (Lipinski definition) is 8. The van der Waals surface area contributed by atoms with Crippen molar-refractivity contribution in [1.82, 2.24) is 9.80 Å². The molecule has 0 atom stereocenters. The number of ketones is 4. The Bertz CT molecular complexity index is 2020. The van der Waals surface area contributed by atoms with E-state index in [1.54, 1.807) is 12.1 Å². The molecular formula is C43H44N2O6. The van der Waals surface area contributed by atoms with Crippen molar-refractivity contribution in [2.45, 2.75) is 45.2 Å². The van der Waals surface area contributed by atoms with Gasteiger partial charge in [-0.2, -0.15) is 0 Å². The maximum Gasteiger partial charge on any atom is 0.197 e. The SMILES string of the molecule is CC(C)(C(=O)C1=CC=C2C(=Cc3ccccc32)C1=O)N1CCOCC1.CC(C)(C(=O)c1ccc2c(c1)C(=O)c1ccccc1C2)N1CCOCC1. The van der Waals surface area contributed by atoms with Crippen molar-refractivity contribution in [1.29, 1.82) is 0 Å². The molecule has 2 fully saturated rings. The van der Waals surface area contributed by atoms with E-state index in [4.69, 9.17) is 9.47 Å². The van der Waals surface area contributed by atoms with Gasteiger partial charge in [-0.05, 0) is 80.2 Å². The molecule has 0 spiro atoms. The van der Waals surface area contributed by atoms with Crippen LogP contribution in [-0.2, 0) is 25.5 Å². The summed E-state index contributed by atoms with van der Waals surface area (Å²) in [5, 5.41) is 0. The number of benzene rings is 3. The summed E-state index contributed by atoms with van der Waals surface area (Å²) in [7, 11) is 0. The van der Waals surface area contributed by atoms with Crippen LogP contribution in [0.5, 0.6) is 0 Å². The van der Waals surface area contributed by atoms with Crippen molar-refractivity contribution in [3.63, 3.8) is 0 Å². The first kappa shape index (κ1) is 34.8. The van der Waals surface area contributed by atoms with E-state index >= 15 is 0 Å². The zero-order valence-electron chi connectivity index (χ0n) is 29.8. The molecule has 262 valence electrons. The highest BCUT2D eigenvalue weighted by Gasteiger charge is 2.41. The van der Waals surface area contributed by atoms with Crippen LogP contribution in [0.15, 0.2) is 90.0 Å². The summed E-state index contributed by atoms with van der Waals surface area (Å²) in [6.45, 7) is 13.1. The Kier molecular flexibility index (Phi) is 9.46. The molecule has 0 N–H and O–H groups in total. The average molecular weight is 685 g/mol. The fourth-order valence-corrected chi connectivity index (χ4v) is 7.72. The Morgan fingerprint density at radius 1 is 0.608 bits per heavy atom. The number of carbonyl (C=O) groups excluding carboxylic acids is 4. The van der Waals surface area contributed by atoms with E-state index in [1.165, 1.54) is 0 Å². The van der Waals surface area contributed by atoms with Gasteiger partial charge in [0.1, 0.15) is 0 Å². The Labute approximate surface area is 299 Å². The minimum absolute atomic E-state index is 0.0145. The summed E-state index contributed by atoms with van der Waals surface area (Å²) in [5.41, 5.74) is 6.64. The molecule has 8 nitrogen and oxygen atoms in total. The standard InChI is InChI=1S/C22H23NO3.C21H21NO3/c1-22(2,23-9-11-26-12-10-23)21(25)17-8-7-16-13-15-5-3-4-6-18(15)20(24)19(16)14-17;1-21(2,22-9-11-25-12-10-22)20(24)17-8-7-16-15-6-4-3-5-14(15)13-18(16)19(17)23/h3-8,14H,9-13H2,1-2H3;3-8,13H,9-12H2,1-2H3. The molecule has 0 aromatic heterocycles. The lowest BCUT2D eigenvalue weighted by atomic mass is 9.82. The Morgan fingerprint density at radius 3 is 1.84 bits per heavy atom. The van der Waals surface area contributed by atoms with Crippen LogP contribution in [0, 0.1) is 0 Å². The molecule has 3 aromatic carbocycles. The van der Waals surface area contributed by atoms with Gasteiger partial charge < -0.3 is 9.47 Å². The first-order chi connectivity index (χ1) is 24.5. The minimum atomic E-state index is -0.720. The van der Waals surface area contributed by atoms with Gasteiger partial charge in [-0.25, -0.2) is 0 Å². The lowest BCUT2D eigenvalue weighted by molar-refractivity contribution is -0.130. The maximum absolute atomic E-state index is 13.2. The first-order valence-corrected chi connectivity index (χ1v) is 17.8. The molecule has 0 bridgehead atoms. The Balaban J connectivity index is 0.000000159. The van der Waals surface area contributed by atoms with Crippen molar-refractivity contribution in [3.8, 4) is 0 Å². The van der Waals surface area contributed by atoms with Gasteiger partial charge in [0.25, 0.3) is 0 Å². The van der Waals surface area contributed by atoms with Crippen LogP contribution in [-0.4, -0.2) is 96.6 Å². The number of allylic oxidation sites excluding steroid dienone is 4. The van der Waals surface area contributed by atoms with E-state index in [1.807, 2.05) is 101 Å². The smallest absolute Gasteiger partial charge is 0.197 e. The molecule has 0 saturated carbocycles. The van der Waals surface area contributed by atoms with Gasteiger partial charge in [0.05, 0.1) is 43.1 Å². The van der Waals surface area contributed by atoms with Gasteiger partial charge >= 0.3 is 0 Å². The average Bonchev–Trinajstić information content (AvgIpc) is 3.55. The van der Waals surface area contributed by atoms with Gasteiger partial charge in [-0.15, -0.1) is 0 Å². The van der Waals surface area contributed by atoms with Crippen molar-refractivity contribution >= 4 is 34.8 Å². The molecule has 2 heterocycles. The number of hydrogen-bond donors (Lipinski definition) is 0. The summed E-state index contributed by atoms with van der Waals surface area (Å²) in [6, 6.07) is 21.2. The molecular weight excluding hydrogens is 640 g/mol. The van der Waals surface area contributed by atoms with Crippen LogP contribution >= 0.6 is 0 Å². The number of ether oxygens (including phenoxy) is 2. The van der Waals surface area contributed by atoms with Crippen LogP contribution in [0.25, 0.3) is 11.6 Å². The van der Waals surface area contributed by atoms with Crippen molar-refractivity contribution in [2.24, 2.45) is 0 Å². The zero-order chi connectivity index (χ0) is 35.9. The summed E-state index contributed by atoms with van der Waals surface area (Å²) in [5.74, 6) is -0.221. The van der Waals surface area contributed by atoms with Gasteiger partial charge in [0, 0.05) is 48.4 Å². The third-order valence-electron chi connectivity index (χ3n) is 11.0. The second-order valence-electron chi connectivity index (χ2n) is 14.6. The molecule has 3 aromatic rings. The summed E-state index contributed by atoms with van der Waals surface area (Å²) in [6.07, 6.45) is 6.23. The highest BCUT2D eigenvalue weighted by Crippen LogP contribution is 2.40. The predicted octanol–water partition coefficient (Wildman–Crippen LogP) is 5.77. The van der Waals surface area contributed by atoms with E-state index < -0.39 is 11.1 Å². The van der Waals surface area contributed by atoms with Crippen LogP contribution < -0.4 is 0 Å². The largest absolute Gasteiger partial charge is 0.379 e. The number of carbonyl (C=O) groups is 4. The number of rotatable bonds is 6. The van der Waals surface area contributed by atoms with E-state index in [-0.39, 0.29) is 28.7 Å². The Hall–Kier alpha value is -4.60. The molecule has 2 saturated heterocycles. The predicted molar refractivity (Wildman–Crippen MR) is 197 cm³/mol. The van der Waals surface area contributed by atoms with Crippen LogP contribution in [0.3, 0.4) is 0 Å². The molecule has 8 rings (SSSR count). The lowest BCUT2D eigenvalue weighted by Gasteiger charge is -2.40. The minimum Gasteiger partial charge on any atom is -0.379 e. The van der Waals surface area contributed by atoms with Gasteiger partial charge in [-0.3, -0.25) is 29.0 Å². The molecule has 0 amide bonds. The molecule has 51 heavy (non-hydrogen) atoms. The zero-order valence-corrected chi connectivity index (χ0v) is 29.8. The normalized spacial score (nSPS) is 18.9. The van der Waals surface area contributed by atoms with E-state index in [2.05, 4.69) is 9.80 Å². The van der Waals surface area contributed by atoms with Gasteiger partial charge in [0.2, 0.25) is 0 Å². The van der Waals surface area contributed by atoms with E-state index in [0.717, 1.165) is 52.9 Å². The molecule has 5 aliphatic rings. The van der Waals surface area contributed by atoms with Crippen molar-refractivity contribution < 1.29 is 28.7 Å². The van der Waals surface area contributed by atoms with Crippen LogP contribution in [0.2, 0.25) is 0 Å². The first-order valence-electron chi connectivity index (χ1n) is 17.8. The topological polar surface area (TPSA) is 93.2 Å². The molecule has 0 radical (unpaired) electrons. The number of Topliss-reactive ketones (excluding diaryl/α,β-unsaturated/α-hetero) is 3. The fourth-order valence-electron chi connectivity index (χ4n) is 7.72. The third kappa shape index (κ3) is 6.42. The van der Waals surface area contributed by atoms with Crippen molar-refractivity contribution in [2.75, 3.05) is 52.6 Å². The molecule has 8 heteroatoms. The van der Waals surface area contributed by atoms with Gasteiger partial charge in [0.15, 0.2) is 23.1 Å².